The summed E-state index contributed by atoms with van der Waals surface area (Å²) < 4.78 is 0. The molecule has 1 heterocycles. The molecule has 2 rings (SSSR count). The van der Waals surface area contributed by atoms with Crippen molar-refractivity contribution in [2.24, 2.45) is 5.92 Å². The van der Waals surface area contributed by atoms with Gasteiger partial charge < -0.3 is 4.90 Å². The average Bonchev–Trinajstić information content (AvgIpc) is 2.87. The maximum absolute atomic E-state index is 12.7. The van der Waals surface area contributed by atoms with Crippen LogP contribution in [0.3, 0.4) is 0 Å². The Morgan fingerprint density at radius 1 is 1.39 bits per heavy atom. The lowest BCUT2D eigenvalue weighted by molar-refractivity contribution is -0.133. The summed E-state index contributed by atoms with van der Waals surface area (Å²) >= 11 is 0. The van der Waals surface area contributed by atoms with Crippen LogP contribution in [-0.2, 0) is 4.79 Å². The summed E-state index contributed by atoms with van der Waals surface area (Å²) in [7, 11) is 0. The molecule has 3 nitrogen and oxygen atoms in total. The van der Waals surface area contributed by atoms with Crippen molar-refractivity contribution in [1.29, 1.82) is 0 Å². The summed E-state index contributed by atoms with van der Waals surface area (Å²) in [6.07, 6.45) is 8.13. The van der Waals surface area contributed by atoms with Gasteiger partial charge in [-0.25, -0.2) is 0 Å². The minimum absolute atomic E-state index is 0.184. The first-order valence-electron chi connectivity index (χ1n) is 7.68. The van der Waals surface area contributed by atoms with Crippen molar-refractivity contribution < 1.29 is 4.79 Å². The molecule has 2 fully saturated rings. The van der Waals surface area contributed by atoms with E-state index in [1.807, 2.05) is 0 Å². The molecule has 1 saturated carbocycles. The Labute approximate surface area is 111 Å². The number of hydrogen-bond acceptors (Lipinski definition) is 2. The second-order valence-corrected chi connectivity index (χ2v) is 6.42. The summed E-state index contributed by atoms with van der Waals surface area (Å²) in [6.45, 7) is 7.59. The number of hydrogen-bond donors (Lipinski definition) is 1. The van der Waals surface area contributed by atoms with Gasteiger partial charge in [0.05, 0.1) is 11.7 Å². The fraction of sp³-hybridized carbons (Fsp3) is 0.933. The molecule has 1 amide bonds. The maximum Gasteiger partial charge on any atom is 0.244 e. The molecule has 1 atom stereocenters. The van der Waals surface area contributed by atoms with E-state index < -0.39 is 0 Å². The zero-order valence-electron chi connectivity index (χ0n) is 12.2. The molecular weight excluding hydrogens is 224 g/mol. The van der Waals surface area contributed by atoms with Crippen LogP contribution >= 0.6 is 0 Å². The van der Waals surface area contributed by atoms with Gasteiger partial charge in [0.15, 0.2) is 0 Å². The molecular formula is C15H28N2O. The summed E-state index contributed by atoms with van der Waals surface area (Å²) in [5.74, 6) is 1.05. The van der Waals surface area contributed by atoms with Crippen LogP contribution < -0.4 is 5.32 Å². The molecule has 1 unspecified atom stereocenters. The Morgan fingerprint density at radius 2 is 2.06 bits per heavy atom. The van der Waals surface area contributed by atoms with E-state index in [0.717, 1.165) is 38.6 Å². The van der Waals surface area contributed by atoms with Crippen molar-refractivity contribution in [3.63, 3.8) is 0 Å². The van der Waals surface area contributed by atoms with Crippen molar-refractivity contribution in [2.75, 3.05) is 6.54 Å². The molecule has 2 aliphatic rings. The minimum Gasteiger partial charge on any atom is -0.326 e. The molecule has 3 heteroatoms. The van der Waals surface area contributed by atoms with Gasteiger partial charge in [0.1, 0.15) is 0 Å². The highest BCUT2D eigenvalue weighted by molar-refractivity contribution is 5.89. The first-order valence-corrected chi connectivity index (χ1v) is 7.68. The van der Waals surface area contributed by atoms with Crippen LogP contribution in [0.25, 0.3) is 0 Å². The molecule has 1 aliphatic heterocycles. The van der Waals surface area contributed by atoms with Crippen LogP contribution in [0, 0.1) is 5.92 Å². The van der Waals surface area contributed by atoms with Crippen molar-refractivity contribution >= 4 is 5.91 Å². The number of carbonyl (C=O) groups is 1. The zero-order chi connectivity index (χ0) is 13.2. The molecule has 0 aromatic carbocycles. The Balaban J connectivity index is 2.06. The van der Waals surface area contributed by atoms with Crippen LogP contribution in [0.1, 0.15) is 65.7 Å². The summed E-state index contributed by atoms with van der Waals surface area (Å²) in [5, 5.41) is 3.67. The van der Waals surface area contributed by atoms with E-state index in [1.54, 1.807) is 0 Å². The highest BCUT2D eigenvalue weighted by Gasteiger charge is 2.51. The van der Waals surface area contributed by atoms with Gasteiger partial charge in [-0.15, -0.1) is 0 Å². The van der Waals surface area contributed by atoms with Crippen LogP contribution in [0.5, 0.6) is 0 Å². The Bertz CT molecular complexity index is 295. The van der Waals surface area contributed by atoms with Crippen LogP contribution in [0.4, 0.5) is 0 Å². The lowest BCUT2D eigenvalue weighted by Crippen LogP contribution is -2.44. The van der Waals surface area contributed by atoms with Gasteiger partial charge in [-0.05, 0) is 31.6 Å². The lowest BCUT2D eigenvalue weighted by atomic mass is 9.98. The number of amides is 1. The van der Waals surface area contributed by atoms with E-state index in [0.29, 0.717) is 18.0 Å². The Morgan fingerprint density at radius 3 is 2.61 bits per heavy atom. The molecule has 0 radical (unpaired) electrons. The highest BCUT2D eigenvalue weighted by Crippen LogP contribution is 2.37. The normalized spacial score (nSPS) is 26.8. The van der Waals surface area contributed by atoms with E-state index in [4.69, 9.17) is 0 Å². The second kappa shape index (κ2) is 5.60. The lowest BCUT2D eigenvalue weighted by Gasteiger charge is -2.24. The van der Waals surface area contributed by atoms with Crippen molar-refractivity contribution in [2.45, 2.75) is 77.4 Å². The number of rotatable bonds is 5. The Kier molecular flexibility index (Phi) is 4.31. The van der Waals surface area contributed by atoms with E-state index in [-0.39, 0.29) is 5.54 Å². The number of nitrogens with zero attached hydrogens (tertiary/aromatic N) is 1. The van der Waals surface area contributed by atoms with E-state index >= 15 is 0 Å². The predicted molar refractivity (Wildman–Crippen MR) is 74.2 cm³/mol. The molecule has 0 aromatic rings. The van der Waals surface area contributed by atoms with Crippen molar-refractivity contribution in [1.82, 2.24) is 10.2 Å². The third kappa shape index (κ3) is 2.56. The molecule has 1 spiro atoms. The Hall–Kier alpha value is -0.570. The smallest absolute Gasteiger partial charge is 0.244 e. The van der Waals surface area contributed by atoms with E-state index in [1.165, 1.54) is 12.8 Å². The van der Waals surface area contributed by atoms with Gasteiger partial charge in [-0.3, -0.25) is 10.1 Å². The van der Waals surface area contributed by atoms with Gasteiger partial charge in [-0.1, -0.05) is 40.0 Å². The third-order valence-electron chi connectivity index (χ3n) is 4.46. The van der Waals surface area contributed by atoms with Crippen LogP contribution in [0.15, 0.2) is 0 Å². The molecule has 1 N–H and O–H groups in total. The van der Waals surface area contributed by atoms with Gasteiger partial charge in [0.25, 0.3) is 0 Å². The second-order valence-electron chi connectivity index (χ2n) is 6.42. The predicted octanol–water partition coefficient (Wildman–Crippen LogP) is 2.90. The molecule has 18 heavy (non-hydrogen) atoms. The SMILES string of the molecule is CCCC1NC2(CCCC2)C(=O)N1CCC(C)C. The average molecular weight is 252 g/mol. The molecule has 0 aromatic heterocycles. The zero-order valence-corrected chi connectivity index (χ0v) is 12.2. The van der Waals surface area contributed by atoms with Gasteiger partial charge in [0.2, 0.25) is 5.91 Å². The van der Waals surface area contributed by atoms with E-state index in [9.17, 15) is 4.79 Å². The molecule has 1 aliphatic carbocycles. The largest absolute Gasteiger partial charge is 0.326 e. The fourth-order valence-electron chi connectivity index (χ4n) is 3.37. The highest BCUT2D eigenvalue weighted by atomic mass is 16.2. The summed E-state index contributed by atoms with van der Waals surface area (Å²) in [6, 6.07) is 0. The molecule has 1 saturated heterocycles. The first-order chi connectivity index (χ1) is 8.59. The fourth-order valence-corrected chi connectivity index (χ4v) is 3.37. The van der Waals surface area contributed by atoms with Gasteiger partial charge >= 0.3 is 0 Å². The number of nitrogens with one attached hydrogen (secondary N) is 1. The van der Waals surface area contributed by atoms with Gasteiger partial charge in [-0.2, -0.15) is 0 Å². The molecule has 0 bridgehead atoms. The molecule has 104 valence electrons. The van der Waals surface area contributed by atoms with Gasteiger partial charge in [0, 0.05) is 6.54 Å². The number of carbonyl (C=O) groups excluding carboxylic acids is 1. The summed E-state index contributed by atoms with van der Waals surface area (Å²) in [5.41, 5.74) is -0.184. The third-order valence-corrected chi connectivity index (χ3v) is 4.46. The van der Waals surface area contributed by atoms with Crippen LogP contribution in [0.2, 0.25) is 0 Å². The topological polar surface area (TPSA) is 32.3 Å². The van der Waals surface area contributed by atoms with Crippen molar-refractivity contribution in [3.05, 3.63) is 0 Å². The minimum atomic E-state index is -0.184. The monoisotopic (exact) mass is 252 g/mol. The first kappa shape index (κ1) is 13.9. The quantitative estimate of drug-likeness (QED) is 0.816. The van der Waals surface area contributed by atoms with Crippen LogP contribution in [-0.4, -0.2) is 29.1 Å². The maximum atomic E-state index is 12.7. The van der Waals surface area contributed by atoms with E-state index in [2.05, 4.69) is 31.0 Å². The summed E-state index contributed by atoms with van der Waals surface area (Å²) in [4.78, 5) is 14.8. The van der Waals surface area contributed by atoms with Crippen molar-refractivity contribution in [3.8, 4) is 0 Å². The standard InChI is InChI=1S/C15H28N2O/c1-4-7-13-16-15(9-5-6-10-15)14(18)17(13)11-8-12(2)3/h12-13,16H,4-11H2,1-3H3.